The zero-order chi connectivity index (χ0) is 26.4. The van der Waals surface area contributed by atoms with Crippen LogP contribution in [0.5, 0.6) is 17.2 Å². The predicted octanol–water partition coefficient (Wildman–Crippen LogP) is 5.21. The Morgan fingerprint density at radius 2 is 1.78 bits per heavy atom. The Morgan fingerprint density at radius 1 is 1.05 bits per heavy atom. The molecule has 1 aromatic heterocycles. The summed E-state index contributed by atoms with van der Waals surface area (Å²) in [6.07, 6.45) is 1.54. The molecule has 0 fully saturated rings. The van der Waals surface area contributed by atoms with Crippen molar-refractivity contribution in [1.82, 2.24) is 9.80 Å². The highest BCUT2D eigenvalue weighted by Crippen LogP contribution is 2.34. The van der Waals surface area contributed by atoms with Gasteiger partial charge in [0, 0.05) is 29.1 Å². The molecule has 2 amide bonds. The summed E-state index contributed by atoms with van der Waals surface area (Å²) in [4.78, 5) is 32.0. The van der Waals surface area contributed by atoms with E-state index in [2.05, 4.69) is 11.4 Å². The fourth-order valence-corrected chi connectivity index (χ4v) is 5.45. The minimum absolute atomic E-state index is 0.00893. The summed E-state index contributed by atoms with van der Waals surface area (Å²) in [7, 11) is 3.21. The van der Waals surface area contributed by atoms with E-state index in [0.717, 1.165) is 18.4 Å². The molecule has 2 atom stereocenters. The number of fused-ring (bicyclic) bond motifs is 1. The average Bonchev–Trinajstić information content (AvgIpc) is 3.43. The van der Waals surface area contributed by atoms with Crippen LogP contribution in [-0.2, 0) is 11.2 Å². The second kappa shape index (κ2) is 12.1. The van der Waals surface area contributed by atoms with Gasteiger partial charge < -0.3 is 24.0 Å². The molecular formula is C29H34N2O5S. The lowest BCUT2D eigenvalue weighted by atomic mass is 10.00. The van der Waals surface area contributed by atoms with Gasteiger partial charge in [-0.25, -0.2) is 0 Å². The number of thiophene rings is 1. The van der Waals surface area contributed by atoms with Gasteiger partial charge in [0.2, 0.25) is 5.91 Å². The van der Waals surface area contributed by atoms with E-state index in [1.807, 2.05) is 43.0 Å². The van der Waals surface area contributed by atoms with Gasteiger partial charge in [0.1, 0.15) is 30.4 Å². The van der Waals surface area contributed by atoms with Crippen molar-refractivity contribution >= 4 is 23.2 Å². The van der Waals surface area contributed by atoms with Gasteiger partial charge in [-0.1, -0.05) is 13.0 Å². The van der Waals surface area contributed by atoms with Crippen LogP contribution in [-0.4, -0.2) is 61.6 Å². The van der Waals surface area contributed by atoms with Gasteiger partial charge in [-0.3, -0.25) is 9.59 Å². The number of amides is 2. The van der Waals surface area contributed by atoms with Gasteiger partial charge in [-0.2, -0.15) is 0 Å². The fraction of sp³-hybridized carbons (Fsp3) is 0.379. The van der Waals surface area contributed by atoms with Gasteiger partial charge in [-0.15, -0.1) is 11.3 Å². The number of hydrogen-bond donors (Lipinski definition) is 0. The second-order valence-electron chi connectivity index (χ2n) is 9.06. The molecule has 0 aliphatic carbocycles. The van der Waals surface area contributed by atoms with E-state index >= 15 is 0 Å². The topological polar surface area (TPSA) is 68.3 Å². The molecular weight excluding hydrogens is 488 g/mol. The van der Waals surface area contributed by atoms with Crippen molar-refractivity contribution in [2.75, 3.05) is 33.9 Å². The molecule has 2 unspecified atom stereocenters. The van der Waals surface area contributed by atoms with Crippen LogP contribution < -0.4 is 14.2 Å². The highest BCUT2D eigenvalue weighted by molar-refractivity contribution is 7.10. The van der Waals surface area contributed by atoms with Crippen LogP contribution in [0.15, 0.2) is 60.0 Å². The molecule has 0 N–H and O–H groups in total. The number of nitrogens with zero attached hydrogens (tertiary/aromatic N) is 2. The summed E-state index contributed by atoms with van der Waals surface area (Å²) < 4.78 is 16.7. The molecule has 0 saturated heterocycles. The molecule has 1 aliphatic heterocycles. The van der Waals surface area contributed by atoms with Crippen LogP contribution in [0.25, 0.3) is 0 Å². The van der Waals surface area contributed by atoms with Crippen LogP contribution in [0.3, 0.4) is 0 Å². The summed E-state index contributed by atoms with van der Waals surface area (Å²) in [6, 6.07) is 16.2. The molecule has 1 aliphatic rings. The van der Waals surface area contributed by atoms with Crippen molar-refractivity contribution in [3.63, 3.8) is 0 Å². The lowest BCUT2D eigenvalue weighted by molar-refractivity contribution is -0.136. The predicted molar refractivity (Wildman–Crippen MR) is 145 cm³/mol. The van der Waals surface area contributed by atoms with Gasteiger partial charge in [0.25, 0.3) is 5.91 Å². The third-order valence-corrected chi connectivity index (χ3v) is 7.89. The summed E-state index contributed by atoms with van der Waals surface area (Å²) in [6.45, 7) is 4.91. The number of methoxy groups -OCH3 is 2. The number of carbonyl (C=O) groups excluding carboxylic acids is 2. The Bertz CT molecular complexity index is 1210. The molecule has 7 nitrogen and oxygen atoms in total. The largest absolute Gasteiger partial charge is 0.497 e. The Morgan fingerprint density at radius 3 is 2.49 bits per heavy atom. The van der Waals surface area contributed by atoms with Gasteiger partial charge in [0.05, 0.1) is 20.3 Å². The molecule has 8 heteroatoms. The van der Waals surface area contributed by atoms with Crippen LogP contribution in [0.1, 0.15) is 47.1 Å². The number of ether oxygens (including phenoxy) is 3. The van der Waals surface area contributed by atoms with E-state index in [1.165, 1.54) is 4.88 Å². The molecule has 0 bridgehead atoms. The van der Waals surface area contributed by atoms with E-state index in [1.54, 1.807) is 54.7 Å². The minimum atomic E-state index is -0.233. The SMILES string of the molecule is CCC(C)N(CC(=O)N1CCc2sccc2C1COc1cccc(OC)c1)C(=O)c1ccc(OC)cc1. The molecule has 0 radical (unpaired) electrons. The molecule has 37 heavy (non-hydrogen) atoms. The van der Waals surface area contributed by atoms with Crippen molar-refractivity contribution in [2.24, 2.45) is 0 Å². The standard InChI is InChI=1S/C29H34N2O5S/c1-5-20(2)31(29(33)21-9-11-22(34-3)12-10-21)18-28(32)30-15-13-27-25(14-16-37-27)26(30)19-36-24-8-6-7-23(17-24)35-4/h6-12,14,16-17,20,26H,5,13,15,18-19H2,1-4H3. The van der Waals surface area contributed by atoms with Crippen LogP contribution in [0.2, 0.25) is 0 Å². The Balaban J connectivity index is 1.54. The zero-order valence-corrected chi connectivity index (χ0v) is 22.6. The third-order valence-electron chi connectivity index (χ3n) is 6.89. The van der Waals surface area contributed by atoms with E-state index in [0.29, 0.717) is 36.0 Å². The monoisotopic (exact) mass is 522 g/mol. The number of benzene rings is 2. The summed E-state index contributed by atoms with van der Waals surface area (Å²) in [5.41, 5.74) is 1.65. The van der Waals surface area contributed by atoms with Crippen LogP contribution >= 0.6 is 11.3 Å². The van der Waals surface area contributed by atoms with Gasteiger partial charge >= 0.3 is 0 Å². The first-order valence-corrected chi connectivity index (χ1v) is 13.4. The first-order valence-electron chi connectivity index (χ1n) is 12.5. The van der Waals surface area contributed by atoms with E-state index < -0.39 is 0 Å². The summed E-state index contributed by atoms with van der Waals surface area (Å²) in [5, 5.41) is 2.07. The highest BCUT2D eigenvalue weighted by atomic mass is 32.1. The molecule has 0 spiro atoms. The Labute approximate surface area is 222 Å². The highest BCUT2D eigenvalue weighted by Gasteiger charge is 2.34. The second-order valence-corrected chi connectivity index (χ2v) is 10.1. The van der Waals surface area contributed by atoms with E-state index in [9.17, 15) is 9.59 Å². The van der Waals surface area contributed by atoms with E-state index in [-0.39, 0.29) is 30.4 Å². The van der Waals surface area contributed by atoms with Crippen molar-refractivity contribution in [1.29, 1.82) is 0 Å². The van der Waals surface area contributed by atoms with Crippen molar-refractivity contribution < 1.29 is 23.8 Å². The van der Waals surface area contributed by atoms with Crippen molar-refractivity contribution in [2.45, 2.75) is 38.8 Å². The first-order chi connectivity index (χ1) is 17.9. The minimum Gasteiger partial charge on any atom is -0.497 e. The number of hydrogen-bond acceptors (Lipinski definition) is 6. The van der Waals surface area contributed by atoms with Gasteiger partial charge in [-0.05, 0) is 73.2 Å². The van der Waals surface area contributed by atoms with Crippen LogP contribution in [0.4, 0.5) is 0 Å². The molecule has 196 valence electrons. The summed E-state index contributed by atoms with van der Waals surface area (Å²) in [5.74, 6) is 1.83. The smallest absolute Gasteiger partial charge is 0.254 e. The van der Waals surface area contributed by atoms with Gasteiger partial charge in [0.15, 0.2) is 0 Å². The third kappa shape index (κ3) is 6.07. The molecule has 2 aromatic carbocycles. The fourth-order valence-electron chi connectivity index (χ4n) is 4.52. The Kier molecular flexibility index (Phi) is 8.71. The number of rotatable bonds is 10. The normalized spacial score (nSPS) is 15.5. The maximum absolute atomic E-state index is 13.8. The quantitative estimate of drug-likeness (QED) is 0.366. The molecule has 0 saturated carbocycles. The lowest BCUT2D eigenvalue weighted by Gasteiger charge is -2.38. The number of carbonyl (C=O) groups is 2. The first kappa shape index (κ1) is 26.5. The maximum Gasteiger partial charge on any atom is 0.254 e. The van der Waals surface area contributed by atoms with Crippen molar-refractivity contribution in [3.05, 3.63) is 76.0 Å². The van der Waals surface area contributed by atoms with Crippen molar-refractivity contribution in [3.8, 4) is 17.2 Å². The molecule has 4 rings (SSSR count). The molecule has 2 heterocycles. The zero-order valence-electron chi connectivity index (χ0n) is 21.8. The molecule has 3 aromatic rings. The van der Waals surface area contributed by atoms with E-state index in [4.69, 9.17) is 14.2 Å². The average molecular weight is 523 g/mol. The lowest BCUT2D eigenvalue weighted by Crippen LogP contribution is -2.49. The summed E-state index contributed by atoms with van der Waals surface area (Å²) >= 11 is 1.71. The van der Waals surface area contributed by atoms with Crippen LogP contribution in [0, 0.1) is 0 Å². The Hall–Kier alpha value is -3.52. The maximum atomic E-state index is 13.8.